The number of hydrogen-bond donors (Lipinski definition) is 1. The molecule has 0 bridgehead atoms. The maximum Gasteiger partial charge on any atom is 0.214 e. The molecule has 0 aliphatic heterocycles. The van der Waals surface area contributed by atoms with E-state index < -0.39 is 0 Å². The second-order valence-electron chi connectivity index (χ2n) is 6.45. The molecule has 0 radical (unpaired) electrons. The van der Waals surface area contributed by atoms with E-state index in [9.17, 15) is 0 Å². The predicted octanol–water partition coefficient (Wildman–Crippen LogP) is 4.65. The van der Waals surface area contributed by atoms with Crippen molar-refractivity contribution in [2.45, 2.75) is 35.5 Å². The highest BCUT2D eigenvalue weighted by molar-refractivity contribution is 7.99. The molecule has 1 saturated carbocycles. The molecule has 1 aliphatic rings. The molecule has 1 N–H and O–H groups in total. The molecule has 8 heteroatoms. The lowest BCUT2D eigenvalue weighted by molar-refractivity contribution is 0.177. The highest BCUT2D eigenvalue weighted by atomic mass is 32.2. The summed E-state index contributed by atoms with van der Waals surface area (Å²) in [6.45, 7) is 0.378. The van der Waals surface area contributed by atoms with Gasteiger partial charge in [-0.05, 0) is 30.2 Å². The molecule has 27 heavy (non-hydrogen) atoms. The van der Waals surface area contributed by atoms with Crippen molar-refractivity contribution in [3.05, 3.63) is 47.4 Å². The summed E-state index contributed by atoms with van der Waals surface area (Å²) in [6.07, 6.45) is 2.38. The molecular weight excluding hydrogens is 378 g/mol. The summed E-state index contributed by atoms with van der Waals surface area (Å²) in [6, 6.07) is 10.3. The lowest BCUT2D eigenvalue weighted by atomic mass is 10.1. The van der Waals surface area contributed by atoms with Gasteiger partial charge in [0.25, 0.3) is 0 Å². The van der Waals surface area contributed by atoms with Crippen LogP contribution in [0.1, 0.15) is 30.4 Å². The van der Waals surface area contributed by atoms with E-state index >= 15 is 0 Å². The van der Waals surface area contributed by atoms with Crippen molar-refractivity contribution in [1.29, 1.82) is 0 Å². The Morgan fingerprint density at radius 1 is 1.19 bits per heavy atom. The van der Waals surface area contributed by atoms with Gasteiger partial charge in [0.1, 0.15) is 22.3 Å². The lowest BCUT2D eigenvalue weighted by Crippen LogP contribution is -1.98. The Balaban J connectivity index is 1.61. The SMILES string of the molecule is COCc1nc(Sc2n[nH]c(C3CC3)n2)c2c(-c3ccccc3)csc2n1. The number of H-pyrrole nitrogens is 1. The van der Waals surface area contributed by atoms with E-state index in [1.807, 2.05) is 18.2 Å². The molecule has 1 aromatic carbocycles. The Labute approximate surface area is 164 Å². The molecule has 4 aromatic rings. The van der Waals surface area contributed by atoms with E-state index in [-0.39, 0.29) is 0 Å². The highest BCUT2D eigenvalue weighted by Gasteiger charge is 2.27. The molecule has 3 heterocycles. The highest BCUT2D eigenvalue weighted by Crippen LogP contribution is 2.41. The minimum Gasteiger partial charge on any atom is -0.377 e. The summed E-state index contributed by atoms with van der Waals surface area (Å²) in [5.41, 5.74) is 2.29. The van der Waals surface area contributed by atoms with Crippen LogP contribution in [-0.4, -0.2) is 32.3 Å². The van der Waals surface area contributed by atoms with Gasteiger partial charge in [0, 0.05) is 24.0 Å². The van der Waals surface area contributed by atoms with Gasteiger partial charge in [0.2, 0.25) is 5.16 Å². The first kappa shape index (κ1) is 16.9. The van der Waals surface area contributed by atoms with Crippen molar-refractivity contribution in [1.82, 2.24) is 25.1 Å². The standard InChI is InChI=1S/C19H17N5OS2/c1-25-9-14-20-17-15(13(10-26-17)11-5-3-2-4-6-11)18(21-14)27-19-22-16(23-24-19)12-7-8-12/h2-6,10,12H,7-9H2,1H3,(H,22,23,24). The average Bonchev–Trinajstić information content (AvgIpc) is 3.28. The Morgan fingerprint density at radius 3 is 2.81 bits per heavy atom. The third-order valence-electron chi connectivity index (χ3n) is 4.44. The first-order chi connectivity index (χ1) is 13.3. The van der Waals surface area contributed by atoms with Crippen molar-refractivity contribution < 1.29 is 4.74 Å². The summed E-state index contributed by atoms with van der Waals surface area (Å²) in [4.78, 5) is 15.0. The number of benzene rings is 1. The number of fused-ring (bicyclic) bond motifs is 1. The third kappa shape index (κ3) is 3.36. The maximum atomic E-state index is 5.25. The molecule has 0 unspecified atom stereocenters. The fourth-order valence-electron chi connectivity index (χ4n) is 2.98. The van der Waals surface area contributed by atoms with Gasteiger partial charge >= 0.3 is 0 Å². The molecule has 0 atom stereocenters. The van der Waals surface area contributed by atoms with E-state index in [4.69, 9.17) is 9.72 Å². The Morgan fingerprint density at radius 2 is 2.04 bits per heavy atom. The number of methoxy groups -OCH3 is 1. The molecule has 0 spiro atoms. The van der Waals surface area contributed by atoms with E-state index in [1.165, 1.54) is 24.6 Å². The molecular formula is C19H17N5OS2. The molecule has 136 valence electrons. The van der Waals surface area contributed by atoms with Gasteiger partial charge in [0.15, 0.2) is 5.82 Å². The number of aromatic amines is 1. The molecule has 0 amide bonds. The zero-order chi connectivity index (χ0) is 18.2. The van der Waals surface area contributed by atoms with Crippen LogP contribution in [0.4, 0.5) is 0 Å². The van der Waals surface area contributed by atoms with Crippen LogP contribution in [0.25, 0.3) is 21.3 Å². The first-order valence-corrected chi connectivity index (χ1v) is 10.4. The quantitative estimate of drug-likeness (QED) is 0.479. The van der Waals surface area contributed by atoms with Gasteiger partial charge in [-0.1, -0.05) is 30.3 Å². The molecule has 1 fully saturated rings. The fourth-order valence-corrected chi connectivity index (χ4v) is 4.88. The second-order valence-corrected chi connectivity index (χ2v) is 8.27. The first-order valence-electron chi connectivity index (χ1n) is 8.74. The number of aromatic nitrogens is 5. The summed E-state index contributed by atoms with van der Waals surface area (Å²) < 4.78 is 5.25. The van der Waals surface area contributed by atoms with Crippen molar-refractivity contribution in [2.75, 3.05) is 7.11 Å². The van der Waals surface area contributed by atoms with E-state index in [1.54, 1.807) is 18.4 Å². The van der Waals surface area contributed by atoms with E-state index in [0.717, 1.165) is 32.2 Å². The molecule has 0 saturated heterocycles. The van der Waals surface area contributed by atoms with Gasteiger partial charge in [-0.15, -0.1) is 16.4 Å². The van der Waals surface area contributed by atoms with Crippen LogP contribution >= 0.6 is 23.1 Å². The Kier molecular flexibility index (Phi) is 4.39. The Hall–Kier alpha value is -2.29. The van der Waals surface area contributed by atoms with Crippen LogP contribution in [0.3, 0.4) is 0 Å². The van der Waals surface area contributed by atoms with Gasteiger partial charge in [0.05, 0.1) is 5.39 Å². The number of thiophene rings is 1. The summed E-state index contributed by atoms with van der Waals surface area (Å²) in [5.74, 6) is 2.20. The normalized spacial score (nSPS) is 14.1. The number of nitrogens with one attached hydrogen (secondary N) is 1. The lowest BCUT2D eigenvalue weighted by Gasteiger charge is -2.06. The van der Waals surface area contributed by atoms with E-state index in [2.05, 4.69) is 37.7 Å². The maximum absolute atomic E-state index is 5.25. The minimum absolute atomic E-state index is 0.378. The average molecular weight is 396 g/mol. The summed E-state index contributed by atoms with van der Waals surface area (Å²) in [7, 11) is 1.65. The largest absolute Gasteiger partial charge is 0.377 e. The zero-order valence-electron chi connectivity index (χ0n) is 14.7. The zero-order valence-corrected chi connectivity index (χ0v) is 16.3. The summed E-state index contributed by atoms with van der Waals surface area (Å²) in [5, 5.41) is 12.2. The molecule has 1 aliphatic carbocycles. The van der Waals surface area contributed by atoms with Crippen LogP contribution in [0.15, 0.2) is 45.9 Å². The third-order valence-corrected chi connectivity index (χ3v) is 6.17. The van der Waals surface area contributed by atoms with Crippen molar-refractivity contribution in [3.8, 4) is 11.1 Å². The number of nitrogens with zero attached hydrogens (tertiary/aromatic N) is 4. The minimum atomic E-state index is 0.378. The van der Waals surface area contributed by atoms with Gasteiger partial charge in [-0.25, -0.2) is 15.0 Å². The second kappa shape index (κ2) is 7.03. The number of ether oxygens (including phenoxy) is 1. The molecule has 5 rings (SSSR count). The van der Waals surface area contributed by atoms with Crippen LogP contribution in [-0.2, 0) is 11.3 Å². The van der Waals surface area contributed by atoms with Crippen molar-refractivity contribution in [2.24, 2.45) is 0 Å². The summed E-state index contributed by atoms with van der Waals surface area (Å²) >= 11 is 3.11. The van der Waals surface area contributed by atoms with Crippen molar-refractivity contribution in [3.63, 3.8) is 0 Å². The van der Waals surface area contributed by atoms with Gasteiger partial charge in [-0.2, -0.15) is 0 Å². The molecule has 6 nitrogen and oxygen atoms in total. The number of hydrogen-bond acceptors (Lipinski definition) is 7. The van der Waals surface area contributed by atoms with Crippen LogP contribution in [0, 0.1) is 0 Å². The van der Waals surface area contributed by atoms with Crippen LogP contribution in [0.5, 0.6) is 0 Å². The fraction of sp³-hybridized carbons (Fsp3) is 0.263. The van der Waals surface area contributed by atoms with E-state index in [0.29, 0.717) is 23.5 Å². The Bertz CT molecular complexity index is 1090. The van der Waals surface area contributed by atoms with Gasteiger partial charge < -0.3 is 4.74 Å². The predicted molar refractivity (Wildman–Crippen MR) is 106 cm³/mol. The molecule has 3 aromatic heterocycles. The monoisotopic (exact) mass is 395 g/mol. The van der Waals surface area contributed by atoms with Crippen LogP contribution in [0.2, 0.25) is 0 Å². The topological polar surface area (TPSA) is 76.6 Å². The smallest absolute Gasteiger partial charge is 0.214 e. The van der Waals surface area contributed by atoms with Crippen molar-refractivity contribution >= 4 is 33.3 Å². The number of rotatable bonds is 6. The van der Waals surface area contributed by atoms with Crippen LogP contribution < -0.4 is 0 Å². The van der Waals surface area contributed by atoms with Gasteiger partial charge in [-0.3, -0.25) is 5.10 Å².